The van der Waals surface area contributed by atoms with Crippen LogP contribution in [0.15, 0.2) is 11.9 Å². The molecule has 0 aliphatic carbocycles. The smallest absolute Gasteiger partial charge is 0.127 e. The van der Waals surface area contributed by atoms with Crippen LogP contribution < -0.4 is 0 Å². The molecule has 0 bridgehead atoms. The van der Waals surface area contributed by atoms with Gasteiger partial charge in [-0.3, -0.25) is 0 Å². The Labute approximate surface area is 72.2 Å². The summed E-state index contributed by atoms with van der Waals surface area (Å²) in [5.41, 5.74) is -0.830. The van der Waals surface area contributed by atoms with Crippen LogP contribution >= 0.6 is 11.6 Å². The van der Waals surface area contributed by atoms with Gasteiger partial charge in [0.05, 0.1) is 6.61 Å². The quantitative estimate of drug-likeness (QED) is 0.605. The minimum Gasteiger partial charge on any atom is -0.367 e. The van der Waals surface area contributed by atoms with Crippen LogP contribution in [0.5, 0.6) is 0 Å². The summed E-state index contributed by atoms with van der Waals surface area (Å²) in [4.78, 5) is 0. The molecule has 0 aliphatic rings. The fourth-order valence-electron chi connectivity index (χ4n) is 0.710. The van der Waals surface area contributed by atoms with Crippen molar-refractivity contribution < 1.29 is 9.13 Å². The Bertz CT molecular complexity index is 143. The maximum absolute atomic E-state index is 12.9. The second-order valence-corrected chi connectivity index (χ2v) is 3.06. The fourth-order valence-corrected chi connectivity index (χ4v) is 0.787. The summed E-state index contributed by atoms with van der Waals surface area (Å²) in [6, 6.07) is 0. The molecule has 0 saturated carbocycles. The first-order valence-electron chi connectivity index (χ1n) is 3.57. The van der Waals surface area contributed by atoms with Gasteiger partial charge in [0.15, 0.2) is 0 Å². The lowest BCUT2D eigenvalue weighted by molar-refractivity contribution is 0.00416. The maximum atomic E-state index is 12.9. The van der Waals surface area contributed by atoms with Crippen molar-refractivity contribution in [1.29, 1.82) is 0 Å². The Kier molecular flexibility index (Phi) is 4.69. The van der Waals surface area contributed by atoms with Gasteiger partial charge in [-0.25, -0.2) is 4.39 Å². The van der Waals surface area contributed by atoms with Crippen LogP contribution in [-0.2, 0) is 4.74 Å². The second kappa shape index (κ2) is 4.73. The van der Waals surface area contributed by atoms with E-state index in [4.69, 9.17) is 16.3 Å². The predicted molar refractivity (Wildman–Crippen MR) is 45.6 cm³/mol. The highest BCUT2D eigenvalue weighted by atomic mass is 35.5. The van der Waals surface area contributed by atoms with Crippen LogP contribution in [0.3, 0.4) is 0 Å². The monoisotopic (exact) mass is 180 g/mol. The van der Waals surface area contributed by atoms with E-state index in [0.717, 1.165) is 0 Å². The molecule has 0 aromatic heterocycles. The highest BCUT2D eigenvalue weighted by Crippen LogP contribution is 2.21. The molecule has 3 heteroatoms. The van der Waals surface area contributed by atoms with Crippen LogP contribution in [0, 0.1) is 0 Å². The number of ether oxygens (including phenoxy) is 1. The van der Waals surface area contributed by atoms with Gasteiger partial charge in [0.25, 0.3) is 0 Å². The third-order valence-corrected chi connectivity index (χ3v) is 1.52. The zero-order valence-corrected chi connectivity index (χ0v) is 7.91. The molecular weight excluding hydrogens is 167 g/mol. The minimum absolute atomic E-state index is 0.261. The summed E-state index contributed by atoms with van der Waals surface area (Å²) in [5.74, 6) is 0.128. The molecule has 0 saturated heterocycles. The summed E-state index contributed by atoms with van der Waals surface area (Å²) in [6.45, 7) is 5.36. The Hall–Kier alpha value is -0.0800. The van der Waals surface area contributed by atoms with Crippen LogP contribution in [0.4, 0.5) is 4.39 Å². The number of halogens is 2. The molecule has 0 aromatic rings. The van der Waals surface area contributed by atoms with E-state index in [9.17, 15) is 4.39 Å². The first-order valence-corrected chi connectivity index (χ1v) is 4.10. The molecule has 0 unspecified atom stereocenters. The summed E-state index contributed by atoms with van der Waals surface area (Å²) in [5, 5.41) is 0. The number of alkyl halides is 1. The SMILES string of the molecule is C/C=C(\F)C(C)(C)OCCCl. The molecule has 0 spiro atoms. The molecule has 0 aromatic carbocycles. The topological polar surface area (TPSA) is 9.23 Å². The van der Waals surface area contributed by atoms with E-state index < -0.39 is 5.60 Å². The van der Waals surface area contributed by atoms with Crippen molar-refractivity contribution in [3.63, 3.8) is 0 Å². The average Bonchev–Trinajstić information content (AvgIpc) is 1.99. The van der Waals surface area contributed by atoms with Gasteiger partial charge < -0.3 is 4.74 Å². The van der Waals surface area contributed by atoms with E-state index in [-0.39, 0.29) is 5.83 Å². The molecule has 0 N–H and O–H groups in total. The summed E-state index contributed by atoms with van der Waals surface area (Å²) < 4.78 is 18.1. The number of rotatable bonds is 4. The largest absolute Gasteiger partial charge is 0.367 e. The van der Waals surface area contributed by atoms with Crippen molar-refractivity contribution in [3.05, 3.63) is 11.9 Å². The highest BCUT2D eigenvalue weighted by molar-refractivity contribution is 6.17. The predicted octanol–water partition coefficient (Wildman–Crippen LogP) is 2.89. The third kappa shape index (κ3) is 3.73. The standard InChI is InChI=1S/C8H14ClFO/c1-4-7(10)8(2,3)11-6-5-9/h4H,5-6H2,1-3H3/b7-4-. The Balaban J connectivity index is 3.99. The van der Waals surface area contributed by atoms with Crippen molar-refractivity contribution in [3.8, 4) is 0 Å². The lowest BCUT2D eigenvalue weighted by Gasteiger charge is -2.22. The zero-order chi connectivity index (χ0) is 8.91. The molecule has 0 aliphatic heterocycles. The molecule has 0 atom stereocenters. The summed E-state index contributed by atoms with van der Waals surface area (Å²) in [7, 11) is 0. The van der Waals surface area contributed by atoms with Crippen molar-refractivity contribution in [2.45, 2.75) is 26.4 Å². The number of allylic oxidation sites excluding steroid dienone is 1. The molecule has 1 nitrogen and oxygen atoms in total. The Morgan fingerprint density at radius 2 is 2.18 bits per heavy atom. The highest BCUT2D eigenvalue weighted by Gasteiger charge is 2.23. The fraction of sp³-hybridized carbons (Fsp3) is 0.750. The first-order chi connectivity index (χ1) is 5.04. The van der Waals surface area contributed by atoms with Gasteiger partial charge in [0.2, 0.25) is 0 Å². The average molecular weight is 181 g/mol. The third-order valence-electron chi connectivity index (χ3n) is 1.37. The normalized spacial score (nSPS) is 13.7. The maximum Gasteiger partial charge on any atom is 0.127 e. The van der Waals surface area contributed by atoms with Gasteiger partial charge in [-0.15, -0.1) is 11.6 Å². The van der Waals surface area contributed by atoms with Crippen molar-refractivity contribution in [1.82, 2.24) is 0 Å². The van der Waals surface area contributed by atoms with Crippen LogP contribution in [0.25, 0.3) is 0 Å². The van der Waals surface area contributed by atoms with Gasteiger partial charge in [0, 0.05) is 5.88 Å². The number of hydrogen-bond acceptors (Lipinski definition) is 1. The van der Waals surface area contributed by atoms with Gasteiger partial charge in [-0.1, -0.05) is 6.08 Å². The van der Waals surface area contributed by atoms with Crippen LogP contribution in [0.1, 0.15) is 20.8 Å². The van der Waals surface area contributed by atoms with E-state index in [2.05, 4.69) is 0 Å². The zero-order valence-electron chi connectivity index (χ0n) is 7.16. The second-order valence-electron chi connectivity index (χ2n) is 2.68. The van der Waals surface area contributed by atoms with E-state index >= 15 is 0 Å². The molecule has 0 radical (unpaired) electrons. The lowest BCUT2D eigenvalue weighted by atomic mass is 10.1. The first kappa shape index (κ1) is 10.9. The summed E-state index contributed by atoms with van der Waals surface area (Å²) >= 11 is 5.39. The molecule has 0 rings (SSSR count). The van der Waals surface area contributed by atoms with E-state index in [1.807, 2.05) is 0 Å². The van der Waals surface area contributed by atoms with E-state index in [1.54, 1.807) is 20.8 Å². The van der Waals surface area contributed by atoms with Crippen LogP contribution in [0.2, 0.25) is 0 Å². The molecule has 0 heterocycles. The van der Waals surface area contributed by atoms with Gasteiger partial charge >= 0.3 is 0 Å². The number of hydrogen-bond donors (Lipinski definition) is 0. The molecule has 0 fully saturated rings. The van der Waals surface area contributed by atoms with Crippen LogP contribution in [-0.4, -0.2) is 18.1 Å². The lowest BCUT2D eigenvalue weighted by Crippen LogP contribution is -2.26. The molecule has 11 heavy (non-hydrogen) atoms. The van der Waals surface area contributed by atoms with Crippen molar-refractivity contribution in [2.24, 2.45) is 0 Å². The molecule has 0 amide bonds. The van der Waals surface area contributed by atoms with Gasteiger partial charge in [-0.2, -0.15) is 0 Å². The Morgan fingerprint density at radius 1 is 1.64 bits per heavy atom. The van der Waals surface area contributed by atoms with Crippen molar-refractivity contribution in [2.75, 3.05) is 12.5 Å². The Morgan fingerprint density at radius 3 is 2.55 bits per heavy atom. The summed E-state index contributed by atoms with van der Waals surface area (Å²) in [6.07, 6.45) is 1.40. The van der Waals surface area contributed by atoms with E-state index in [1.165, 1.54) is 6.08 Å². The minimum atomic E-state index is -0.830. The van der Waals surface area contributed by atoms with Gasteiger partial charge in [-0.05, 0) is 20.8 Å². The molecule has 66 valence electrons. The van der Waals surface area contributed by atoms with Crippen molar-refractivity contribution >= 4 is 11.6 Å². The van der Waals surface area contributed by atoms with Gasteiger partial charge in [0.1, 0.15) is 11.4 Å². The van der Waals surface area contributed by atoms with E-state index in [0.29, 0.717) is 12.5 Å². The molecular formula is C8H14ClFO.